The number of ether oxygens (including phenoxy) is 2. The lowest BCUT2D eigenvalue weighted by Gasteiger charge is -2.26. The van der Waals surface area contributed by atoms with Gasteiger partial charge in [0.05, 0.1) is 13.2 Å². The molecule has 1 aromatic carbocycles. The van der Waals surface area contributed by atoms with Crippen LogP contribution < -0.4 is 20.1 Å². The van der Waals surface area contributed by atoms with Crippen molar-refractivity contribution in [2.45, 2.75) is 63.6 Å². The molecule has 3 aliphatic rings. The Morgan fingerprint density at radius 3 is 2.59 bits per heavy atom. The van der Waals surface area contributed by atoms with Crippen molar-refractivity contribution in [1.29, 1.82) is 0 Å². The van der Waals surface area contributed by atoms with Gasteiger partial charge in [-0.05, 0) is 44.4 Å². The van der Waals surface area contributed by atoms with Crippen molar-refractivity contribution >= 4 is 17.8 Å². The molecule has 0 unspecified atom stereocenters. The zero-order chi connectivity index (χ0) is 20.6. The van der Waals surface area contributed by atoms with Crippen LogP contribution in [0.25, 0.3) is 0 Å². The van der Waals surface area contributed by atoms with Gasteiger partial charge >= 0.3 is 6.03 Å². The van der Waals surface area contributed by atoms with E-state index in [1.54, 1.807) is 32.0 Å². The van der Waals surface area contributed by atoms with E-state index in [1.165, 1.54) is 0 Å². The van der Waals surface area contributed by atoms with Gasteiger partial charge in [-0.15, -0.1) is 0 Å². The summed E-state index contributed by atoms with van der Waals surface area (Å²) in [5.41, 5.74) is -0.685. The molecule has 1 aromatic rings. The molecular formula is C21H27N3O5. The molecule has 2 heterocycles. The fourth-order valence-corrected chi connectivity index (χ4v) is 4.19. The molecule has 1 saturated carbocycles. The van der Waals surface area contributed by atoms with Gasteiger partial charge in [0.1, 0.15) is 11.6 Å². The van der Waals surface area contributed by atoms with Crippen molar-refractivity contribution in [3.05, 3.63) is 23.8 Å². The number of amides is 4. The van der Waals surface area contributed by atoms with E-state index in [9.17, 15) is 14.4 Å². The van der Waals surface area contributed by atoms with Gasteiger partial charge in [0.15, 0.2) is 11.5 Å². The molecule has 2 aliphatic heterocycles. The van der Waals surface area contributed by atoms with Crippen LogP contribution in [0.4, 0.5) is 4.79 Å². The Morgan fingerprint density at radius 1 is 1.17 bits per heavy atom. The molecule has 8 heteroatoms. The smallest absolute Gasteiger partial charge is 0.326 e. The Labute approximate surface area is 169 Å². The van der Waals surface area contributed by atoms with Crippen molar-refractivity contribution < 1.29 is 23.9 Å². The van der Waals surface area contributed by atoms with Crippen LogP contribution in [0.15, 0.2) is 18.2 Å². The summed E-state index contributed by atoms with van der Waals surface area (Å²) in [5, 5.41) is 5.72. The molecule has 1 saturated heterocycles. The molecule has 156 valence electrons. The first-order valence-electron chi connectivity index (χ1n) is 10.3. The fourth-order valence-electron chi connectivity index (χ4n) is 4.19. The highest BCUT2D eigenvalue weighted by Crippen LogP contribution is 2.37. The minimum atomic E-state index is -1.27. The number of imide groups is 1. The van der Waals surface area contributed by atoms with Crippen LogP contribution in [0.1, 0.15) is 51.5 Å². The van der Waals surface area contributed by atoms with E-state index in [4.69, 9.17) is 9.47 Å². The first-order valence-corrected chi connectivity index (χ1v) is 10.3. The zero-order valence-electron chi connectivity index (χ0n) is 16.8. The molecule has 2 atom stereocenters. The molecule has 2 N–H and O–H groups in total. The normalized spacial score (nSPS) is 25.5. The number of urea groups is 1. The summed E-state index contributed by atoms with van der Waals surface area (Å²) in [4.78, 5) is 39.6. The average molecular weight is 401 g/mol. The number of carbonyl (C=O) groups excluding carboxylic acids is 3. The summed E-state index contributed by atoms with van der Waals surface area (Å²) in [5.74, 6) is 0.413. The number of nitrogens with zero attached hydrogens (tertiary/aromatic N) is 1. The molecule has 0 radical (unpaired) electrons. The SMILES string of the molecule is C[C@H](C(=O)NC1CCCC1)N1C(=O)N[C@@](C)(c2ccc3c(c2)OCCCO3)C1=O. The van der Waals surface area contributed by atoms with Gasteiger partial charge in [0.2, 0.25) is 5.91 Å². The van der Waals surface area contributed by atoms with Gasteiger partial charge < -0.3 is 20.1 Å². The van der Waals surface area contributed by atoms with E-state index in [-0.39, 0.29) is 11.9 Å². The maximum absolute atomic E-state index is 13.2. The Morgan fingerprint density at radius 2 is 1.86 bits per heavy atom. The molecule has 4 amide bonds. The van der Waals surface area contributed by atoms with Crippen LogP contribution in [0, 0.1) is 0 Å². The highest BCUT2D eigenvalue weighted by molar-refractivity contribution is 6.10. The number of hydrogen-bond acceptors (Lipinski definition) is 5. The predicted octanol–water partition coefficient (Wildman–Crippen LogP) is 2.06. The maximum Gasteiger partial charge on any atom is 0.326 e. The molecule has 2 fully saturated rings. The third kappa shape index (κ3) is 3.52. The van der Waals surface area contributed by atoms with Crippen LogP contribution >= 0.6 is 0 Å². The summed E-state index contributed by atoms with van der Waals surface area (Å²) in [7, 11) is 0. The number of rotatable bonds is 4. The zero-order valence-corrected chi connectivity index (χ0v) is 16.8. The molecule has 0 aromatic heterocycles. The Bertz CT molecular complexity index is 836. The van der Waals surface area contributed by atoms with Crippen molar-refractivity contribution in [3.63, 3.8) is 0 Å². The molecule has 8 nitrogen and oxygen atoms in total. The quantitative estimate of drug-likeness (QED) is 0.753. The first-order chi connectivity index (χ1) is 13.9. The van der Waals surface area contributed by atoms with Crippen molar-refractivity contribution in [2.24, 2.45) is 0 Å². The Hall–Kier alpha value is -2.77. The van der Waals surface area contributed by atoms with Crippen LogP contribution in [0.2, 0.25) is 0 Å². The van der Waals surface area contributed by atoms with Gasteiger partial charge in [-0.25, -0.2) is 9.69 Å². The molecule has 29 heavy (non-hydrogen) atoms. The second kappa shape index (κ2) is 7.57. The van der Waals surface area contributed by atoms with E-state index in [0.29, 0.717) is 30.3 Å². The molecular weight excluding hydrogens is 374 g/mol. The van der Waals surface area contributed by atoms with Crippen molar-refractivity contribution in [3.8, 4) is 11.5 Å². The largest absolute Gasteiger partial charge is 0.490 e. The topological polar surface area (TPSA) is 97.0 Å². The van der Waals surface area contributed by atoms with Gasteiger partial charge in [-0.3, -0.25) is 9.59 Å². The molecule has 4 rings (SSSR count). The monoisotopic (exact) mass is 401 g/mol. The standard InChI is InChI=1S/C21H27N3O5/c1-13(18(25)22-15-6-3-4-7-15)24-19(26)21(2,23-20(24)27)14-8-9-16-17(12-14)29-11-5-10-28-16/h8-9,12-13,15H,3-7,10-11H2,1-2H3,(H,22,25)(H,23,27)/t13-,21+/m1/s1. The van der Waals surface area contributed by atoms with E-state index in [2.05, 4.69) is 10.6 Å². The second-order valence-corrected chi connectivity index (χ2v) is 8.11. The minimum absolute atomic E-state index is 0.124. The van der Waals surface area contributed by atoms with Gasteiger partial charge in [0, 0.05) is 12.5 Å². The fraction of sp³-hybridized carbons (Fsp3) is 0.571. The molecule has 0 bridgehead atoms. The second-order valence-electron chi connectivity index (χ2n) is 8.11. The maximum atomic E-state index is 13.2. The summed E-state index contributed by atoms with van der Waals surface area (Å²) in [6.45, 7) is 4.33. The molecule has 0 spiro atoms. The van der Waals surface area contributed by atoms with Gasteiger partial charge in [-0.2, -0.15) is 0 Å². The minimum Gasteiger partial charge on any atom is -0.490 e. The highest BCUT2D eigenvalue weighted by Gasteiger charge is 2.52. The lowest BCUT2D eigenvalue weighted by Crippen LogP contribution is -2.51. The van der Waals surface area contributed by atoms with E-state index >= 15 is 0 Å². The third-order valence-electron chi connectivity index (χ3n) is 6.02. The summed E-state index contributed by atoms with van der Waals surface area (Å²) >= 11 is 0. The Balaban J connectivity index is 1.55. The lowest BCUT2D eigenvalue weighted by molar-refractivity contribution is -0.138. The van der Waals surface area contributed by atoms with E-state index in [1.807, 2.05) is 0 Å². The molecule has 1 aliphatic carbocycles. The summed E-state index contributed by atoms with van der Waals surface area (Å²) in [6, 6.07) is 3.90. The summed E-state index contributed by atoms with van der Waals surface area (Å²) in [6.07, 6.45) is 4.83. The van der Waals surface area contributed by atoms with Gasteiger partial charge in [-0.1, -0.05) is 18.9 Å². The van der Waals surface area contributed by atoms with Crippen LogP contribution in [-0.2, 0) is 15.1 Å². The van der Waals surface area contributed by atoms with Gasteiger partial charge in [0.25, 0.3) is 5.91 Å². The Kier molecular flexibility index (Phi) is 5.10. The number of carbonyl (C=O) groups is 3. The number of nitrogens with one attached hydrogen (secondary N) is 2. The van der Waals surface area contributed by atoms with E-state index in [0.717, 1.165) is 37.0 Å². The third-order valence-corrected chi connectivity index (χ3v) is 6.02. The first kappa shape index (κ1) is 19.5. The van der Waals surface area contributed by atoms with Crippen molar-refractivity contribution in [2.75, 3.05) is 13.2 Å². The number of hydrogen-bond donors (Lipinski definition) is 2. The lowest BCUT2D eigenvalue weighted by atomic mass is 9.91. The van der Waals surface area contributed by atoms with Crippen LogP contribution in [0.3, 0.4) is 0 Å². The average Bonchev–Trinajstić information content (AvgIpc) is 3.19. The summed E-state index contributed by atoms with van der Waals surface area (Å²) < 4.78 is 11.4. The highest BCUT2D eigenvalue weighted by atomic mass is 16.5. The number of benzene rings is 1. The predicted molar refractivity (Wildman–Crippen MR) is 105 cm³/mol. The van der Waals surface area contributed by atoms with Crippen molar-refractivity contribution in [1.82, 2.24) is 15.5 Å². The number of fused-ring (bicyclic) bond motifs is 1. The van der Waals surface area contributed by atoms with E-state index < -0.39 is 23.5 Å². The van der Waals surface area contributed by atoms with Crippen LogP contribution in [0.5, 0.6) is 11.5 Å². The van der Waals surface area contributed by atoms with Crippen LogP contribution in [-0.4, -0.2) is 48.0 Å².